The van der Waals surface area contributed by atoms with Gasteiger partial charge in [-0.25, -0.2) is 8.78 Å². The van der Waals surface area contributed by atoms with Gasteiger partial charge in [0.1, 0.15) is 24.5 Å². The first-order chi connectivity index (χ1) is 9.72. The van der Waals surface area contributed by atoms with Crippen molar-refractivity contribution in [3.05, 3.63) is 70.8 Å². The quantitative estimate of drug-likeness (QED) is 0.597. The van der Waals surface area contributed by atoms with Crippen molar-refractivity contribution in [2.24, 2.45) is 5.16 Å². The van der Waals surface area contributed by atoms with E-state index in [0.717, 1.165) is 17.5 Å². The fraction of sp³-hybridized carbons (Fsp3) is 0.188. The van der Waals surface area contributed by atoms with E-state index in [4.69, 9.17) is 4.84 Å². The molecular formula is C16H14F2NO. The second kappa shape index (κ2) is 6.80. The maximum absolute atomic E-state index is 13.3. The lowest BCUT2D eigenvalue weighted by atomic mass is 10.1. The zero-order chi connectivity index (χ0) is 14.4. The van der Waals surface area contributed by atoms with Crippen LogP contribution >= 0.6 is 0 Å². The number of nitrogens with zero attached hydrogens (tertiary/aromatic N) is 1. The van der Waals surface area contributed by atoms with E-state index in [0.29, 0.717) is 0 Å². The Bertz CT molecular complexity index is 591. The maximum atomic E-state index is 13.3. The Kier molecular flexibility index (Phi) is 4.82. The monoisotopic (exact) mass is 274 g/mol. The van der Waals surface area contributed by atoms with Crippen LogP contribution in [0, 0.1) is 11.6 Å². The highest BCUT2D eigenvalue weighted by atomic mass is 19.1. The van der Waals surface area contributed by atoms with Crippen molar-refractivity contribution in [1.82, 2.24) is 0 Å². The van der Waals surface area contributed by atoms with Crippen LogP contribution in [0.1, 0.15) is 23.6 Å². The molecule has 0 amide bonds. The molecule has 0 N–H and O–H groups in total. The summed E-state index contributed by atoms with van der Waals surface area (Å²) in [4.78, 5) is 4.92. The molecule has 0 fully saturated rings. The van der Waals surface area contributed by atoms with E-state index in [1.165, 1.54) is 18.2 Å². The summed E-state index contributed by atoms with van der Waals surface area (Å²) < 4.78 is 26.7. The largest absolute Gasteiger partial charge is 0.390 e. The van der Waals surface area contributed by atoms with Crippen LogP contribution in [0.5, 0.6) is 0 Å². The number of hydrogen-bond acceptors (Lipinski definition) is 2. The normalized spacial score (nSPS) is 10.9. The summed E-state index contributed by atoms with van der Waals surface area (Å²) in [6.07, 6.45) is 3.58. The van der Waals surface area contributed by atoms with Crippen LogP contribution in [0.3, 0.4) is 0 Å². The summed E-state index contributed by atoms with van der Waals surface area (Å²) >= 11 is 0. The average molecular weight is 274 g/mol. The molecule has 0 atom stereocenters. The third kappa shape index (κ3) is 3.41. The molecule has 2 aromatic carbocycles. The molecule has 0 unspecified atom stereocenters. The van der Waals surface area contributed by atoms with E-state index in [-0.39, 0.29) is 12.2 Å². The Labute approximate surface area is 116 Å². The number of benzene rings is 2. The Balaban J connectivity index is 2.01. The fourth-order valence-corrected chi connectivity index (χ4v) is 1.79. The molecule has 0 aromatic heterocycles. The molecule has 2 rings (SSSR count). The van der Waals surface area contributed by atoms with E-state index < -0.39 is 11.6 Å². The standard InChI is InChI=1S/C16H14F2NO/c1-2-12-6-3-4-7-13(12)10-19-20-11-14-15(17)8-5-9-16(14)18/h3-9H,2,11H2,1H3. The topological polar surface area (TPSA) is 21.6 Å². The number of aryl methyl sites for hydroxylation is 1. The van der Waals surface area contributed by atoms with Gasteiger partial charge in [-0.05, 0) is 24.1 Å². The summed E-state index contributed by atoms with van der Waals surface area (Å²) in [6, 6.07) is 11.3. The first kappa shape index (κ1) is 14.2. The lowest BCUT2D eigenvalue weighted by Gasteiger charge is -2.03. The summed E-state index contributed by atoms with van der Waals surface area (Å²) in [7, 11) is 0. The van der Waals surface area contributed by atoms with Crippen molar-refractivity contribution >= 4 is 6.21 Å². The van der Waals surface area contributed by atoms with Crippen LogP contribution in [0.15, 0.2) is 47.6 Å². The molecular weight excluding hydrogens is 260 g/mol. The first-order valence-corrected chi connectivity index (χ1v) is 6.31. The van der Waals surface area contributed by atoms with Gasteiger partial charge in [0.2, 0.25) is 0 Å². The summed E-state index contributed by atoms with van der Waals surface area (Å²) in [6.45, 7) is 1.76. The highest BCUT2D eigenvalue weighted by molar-refractivity contribution is 5.81. The molecule has 0 bridgehead atoms. The van der Waals surface area contributed by atoms with E-state index in [2.05, 4.69) is 11.4 Å². The van der Waals surface area contributed by atoms with E-state index in [9.17, 15) is 8.78 Å². The second-order valence-electron chi connectivity index (χ2n) is 4.19. The van der Waals surface area contributed by atoms with E-state index in [1.54, 1.807) is 0 Å². The molecule has 0 aliphatic rings. The number of halogens is 2. The molecule has 1 radical (unpaired) electrons. The number of hydrogen-bond donors (Lipinski definition) is 0. The van der Waals surface area contributed by atoms with Crippen molar-refractivity contribution in [2.75, 3.05) is 0 Å². The van der Waals surface area contributed by atoms with Gasteiger partial charge in [-0.1, -0.05) is 42.4 Å². The van der Waals surface area contributed by atoms with Gasteiger partial charge in [-0.3, -0.25) is 0 Å². The summed E-state index contributed by atoms with van der Waals surface area (Å²) in [5.41, 5.74) is 1.75. The van der Waals surface area contributed by atoms with Crippen LogP contribution in [0.2, 0.25) is 0 Å². The molecule has 103 valence electrons. The molecule has 0 saturated carbocycles. The Morgan fingerprint density at radius 2 is 1.75 bits per heavy atom. The SMILES string of the molecule is CCc1ccccc1/[C]=N\OCc1c(F)cccc1F. The van der Waals surface area contributed by atoms with Crippen molar-refractivity contribution in [2.45, 2.75) is 20.0 Å². The fourth-order valence-electron chi connectivity index (χ4n) is 1.79. The van der Waals surface area contributed by atoms with Gasteiger partial charge >= 0.3 is 0 Å². The van der Waals surface area contributed by atoms with Gasteiger partial charge in [-0.15, -0.1) is 0 Å². The molecule has 20 heavy (non-hydrogen) atoms. The summed E-state index contributed by atoms with van der Waals surface area (Å²) in [5, 5.41) is 3.64. The van der Waals surface area contributed by atoms with Crippen LogP contribution < -0.4 is 0 Å². The molecule has 0 aliphatic carbocycles. The number of rotatable bonds is 5. The van der Waals surface area contributed by atoms with Crippen LogP contribution in [0.25, 0.3) is 0 Å². The van der Waals surface area contributed by atoms with Gasteiger partial charge < -0.3 is 4.84 Å². The predicted octanol–water partition coefficient (Wildman–Crippen LogP) is 3.95. The molecule has 0 saturated heterocycles. The molecule has 2 nitrogen and oxygen atoms in total. The van der Waals surface area contributed by atoms with E-state index >= 15 is 0 Å². The third-order valence-corrected chi connectivity index (χ3v) is 2.90. The van der Waals surface area contributed by atoms with Crippen molar-refractivity contribution < 1.29 is 13.6 Å². The van der Waals surface area contributed by atoms with Crippen molar-refractivity contribution in [3.8, 4) is 0 Å². The van der Waals surface area contributed by atoms with Gasteiger partial charge in [0.05, 0.1) is 5.56 Å². The first-order valence-electron chi connectivity index (χ1n) is 6.31. The second-order valence-corrected chi connectivity index (χ2v) is 4.19. The van der Waals surface area contributed by atoms with Crippen LogP contribution in [0.4, 0.5) is 8.78 Å². The Hall–Kier alpha value is -2.23. The van der Waals surface area contributed by atoms with Crippen molar-refractivity contribution in [3.63, 3.8) is 0 Å². The zero-order valence-electron chi connectivity index (χ0n) is 11.1. The Morgan fingerprint density at radius 3 is 2.45 bits per heavy atom. The minimum absolute atomic E-state index is 0.137. The smallest absolute Gasteiger partial charge is 0.148 e. The predicted molar refractivity (Wildman–Crippen MR) is 73.5 cm³/mol. The van der Waals surface area contributed by atoms with Crippen LogP contribution in [-0.4, -0.2) is 6.21 Å². The van der Waals surface area contributed by atoms with E-state index in [1.807, 2.05) is 31.2 Å². The Morgan fingerprint density at radius 1 is 1.05 bits per heavy atom. The van der Waals surface area contributed by atoms with Crippen LogP contribution in [-0.2, 0) is 17.9 Å². The molecule has 0 heterocycles. The zero-order valence-corrected chi connectivity index (χ0v) is 11.1. The van der Waals surface area contributed by atoms with Gasteiger partial charge in [0, 0.05) is 5.56 Å². The summed E-state index contributed by atoms with van der Waals surface area (Å²) in [5.74, 6) is -1.29. The third-order valence-electron chi connectivity index (χ3n) is 2.90. The molecule has 0 spiro atoms. The molecule has 2 aromatic rings. The van der Waals surface area contributed by atoms with Crippen molar-refractivity contribution in [1.29, 1.82) is 0 Å². The van der Waals surface area contributed by atoms with Gasteiger partial charge in [0.25, 0.3) is 0 Å². The highest BCUT2D eigenvalue weighted by Crippen LogP contribution is 2.13. The van der Waals surface area contributed by atoms with Gasteiger partial charge in [-0.2, -0.15) is 0 Å². The minimum atomic E-state index is -0.644. The average Bonchev–Trinajstić information content (AvgIpc) is 2.46. The van der Waals surface area contributed by atoms with Gasteiger partial charge in [0.15, 0.2) is 0 Å². The highest BCUT2D eigenvalue weighted by Gasteiger charge is 2.08. The maximum Gasteiger partial charge on any atom is 0.148 e. The molecule has 0 aliphatic heterocycles. The lowest BCUT2D eigenvalue weighted by Crippen LogP contribution is -1.97. The minimum Gasteiger partial charge on any atom is -0.390 e. The molecule has 4 heteroatoms. The lowest BCUT2D eigenvalue weighted by molar-refractivity contribution is 0.126.